The van der Waals surface area contributed by atoms with Gasteiger partial charge in [0.05, 0.1) is 31.0 Å². The SMILES string of the molecule is C=CC[C@@H]1C[C@H](OC)C[C@@]2(C[C@@H](O[Si](c3ccccc3)(c3ccccc3)C(C)(C)C)C[C@H](COCOCC[Si](C)(C)C)O2)O1. The molecule has 2 fully saturated rings. The van der Waals surface area contributed by atoms with Crippen molar-refractivity contribution >= 4 is 26.8 Å². The number of hydrogen-bond acceptors (Lipinski definition) is 6. The molecule has 1 spiro atoms. The van der Waals surface area contributed by atoms with Crippen LogP contribution in [0.4, 0.5) is 0 Å². The summed E-state index contributed by atoms with van der Waals surface area (Å²) in [6.07, 6.45) is 5.20. The standard InChI is InChI=1S/C36H56O6Si2/c1-9-16-29-23-30(37-5)25-36(40-29)26-31(24-32(41-36)27-39-28-38-21-22-43(6,7)8)42-44(35(2,3)4,33-17-12-10-13-18-33)34-19-14-11-15-20-34/h9-15,17-20,29-32H,1,16,21-28H2,2-8H3/t29-,30+,31+,32-,36-/m1/s1. The Morgan fingerprint density at radius 2 is 1.43 bits per heavy atom. The Morgan fingerprint density at radius 3 is 1.98 bits per heavy atom. The van der Waals surface area contributed by atoms with Crippen LogP contribution in [0, 0.1) is 0 Å². The summed E-state index contributed by atoms with van der Waals surface area (Å²) in [7, 11) is -2.16. The van der Waals surface area contributed by atoms with Crippen LogP contribution in [-0.4, -0.2) is 73.7 Å². The number of benzene rings is 2. The van der Waals surface area contributed by atoms with Gasteiger partial charge in [0.1, 0.15) is 6.79 Å². The van der Waals surface area contributed by atoms with Crippen LogP contribution in [0.1, 0.15) is 52.9 Å². The van der Waals surface area contributed by atoms with E-state index in [4.69, 9.17) is 28.1 Å². The van der Waals surface area contributed by atoms with Crippen molar-refractivity contribution in [1.29, 1.82) is 0 Å². The third-order valence-electron chi connectivity index (χ3n) is 8.88. The van der Waals surface area contributed by atoms with Gasteiger partial charge in [0.15, 0.2) is 5.79 Å². The van der Waals surface area contributed by atoms with Crippen molar-refractivity contribution < 1.29 is 28.1 Å². The number of rotatable bonds is 14. The van der Waals surface area contributed by atoms with Gasteiger partial charge in [0, 0.05) is 47.5 Å². The molecule has 0 saturated carbocycles. The van der Waals surface area contributed by atoms with Crippen molar-refractivity contribution in [2.75, 3.05) is 27.1 Å². The highest BCUT2D eigenvalue weighted by atomic mass is 28.4. The molecule has 8 heteroatoms. The molecule has 2 aromatic carbocycles. The topological polar surface area (TPSA) is 55.4 Å². The van der Waals surface area contributed by atoms with Crippen LogP contribution < -0.4 is 10.4 Å². The first-order chi connectivity index (χ1) is 20.9. The molecule has 2 aliphatic rings. The summed E-state index contributed by atoms with van der Waals surface area (Å²) in [6, 6.07) is 22.8. The zero-order valence-electron chi connectivity index (χ0n) is 28.2. The molecule has 0 radical (unpaired) electrons. The second-order valence-corrected chi connectivity index (χ2v) is 24.6. The number of methoxy groups -OCH3 is 1. The van der Waals surface area contributed by atoms with Crippen LogP contribution in [0.5, 0.6) is 0 Å². The molecule has 0 unspecified atom stereocenters. The first-order valence-corrected chi connectivity index (χ1v) is 21.9. The van der Waals surface area contributed by atoms with E-state index in [0.717, 1.165) is 25.5 Å². The average Bonchev–Trinajstić information content (AvgIpc) is 2.97. The smallest absolute Gasteiger partial charge is 0.261 e. The summed E-state index contributed by atoms with van der Waals surface area (Å²) in [4.78, 5) is 0. The van der Waals surface area contributed by atoms with Crippen LogP contribution in [0.3, 0.4) is 0 Å². The number of ether oxygens (including phenoxy) is 5. The van der Waals surface area contributed by atoms with E-state index in [1.807, 2.05) is 6.08 Å². The molecule has 6 nitrogen and oxygen atoms in total. The summed E-state index contributed by atoms with van der Waals surface area (Å²) < 4.78 is 39.2. The summed E-state index contributed by atoms with van der Waals surface area (Å²) in [5.41, 5.74) is 0. The molecular weight excluding hydrogens is 585 g/mol. The van der Waals surface area contributed by atoms with E-state index in [2.05, 4.69) is 108 Å². The fourth-order valence-corrected chi connectivity index (χ4v) is 12.2. The van der Waals surface area contributed by atoms with Crippen molar-refractivity contribution in [3.63, 3.8) is 0 Å². The molecule has 2 heterocycles. The predicted molar refractivity (Wildman–Crippen MR) is 184 cm³/mol. The number of hydrogen-bond donors (Lipinski definition) is 0. The maximum absolute atomic E-state index is 7.66. The first-order valence-electron chi connectivity index (χ1n) is 16.3. The van der Waals surface area contributed by atoms with Crippen molar-refractivity contribution in [3.05, 3.63) is 73.3 Å². The lowest BCUT2D eigenvalue weighted by molar-refractivity contribution is -0.343. The van der Waals surface area contributed by atoms with Crippen molar-refractivity contribution in [2.24, 2.45) is 0 Å². The second-order valence-electron chi connectivity index (χ2n) is 14.8. The van der Waals surface area contributed by atoms with Gasteiger partial charge in [0.25, 0.3) is 8.32 Å². The van der Waals surface area contributed by atoms with Crippen molar-refractivity contribution in [1.82, 2.24) is 0 Å². The fourth-order valence-electron chi connectivity index (χ4n) is 6.77. The van der Waals surface area contributed by atoms with Crippen molar-refractivity contribution in [3.8, 4) is 0 Å². The van der Waals surface area contributed by atoms with Crippen LogP contribution in [0.15, 0.2) is 73.3 Å². The maximum Gasteiger partial charge on any atom is 0.261 e. The van der Waals surface area contributed by atoms with E-state index in [1.54, 1.807) is 7.11 Å². The molecule has 2 aromatic rings. The van der Waals surface area contributed by atoms with E-state index >= 15 is 0 Å². The van der Waals surface area contributed by atoms with Gasteiger partial charge >= 0.3 is 0 Å². The molecule has 4 rings (SSSR count). The summed E-state index contributed by atoms with van der Waals surface area (Å²) >= 11 is 0. The molecule has 0 bridgehead atoms. The molecule has 2 aliphatic heterocycles. The molecule has 0 aliphatic carbocycles. The molecular formula is C36H56O6Si2. The minimum atomic E-state index is -2.79. The van der Waals surface area contributed by atoms with Gasteiger partial charge in [-0.25, -0.2) is 0 Å². The highest BCUT2D eigenvalue weighted by molar-refractivity contribution is 6.99. The van der Waals surface area contributed by atoms with E-state index in [1.165, 1.54) is 10.4 Å². The van der Waals surface area contributed by atoms with Crippen molar-refractivity contribution in [2.45, 2.75) is 114 Å². The molecule has 2 saturated heterocycles. The molecule has 5 atom stereocenters. The minimum Gasteiger partial charge on any atom is -0.404 e. The Balaban J connectivity index is 1.65. The largest absolute Gasteiger partial charge is 0.404 e. The average molecular weight is 641 g/mol. The van der Waals surface area contributed by atoms with E-state index < -0.39 is 22.2 Å². The molecule has 0 aromatic heterocycles. The third-order valence-corrected chi connectivity index (χ3v) is 15.7. The summed E-state index contributed by atoms with van der Waals surface area (Å²) in [5.74, 6) is -0.826. The lowest BCUT2D eigenvalue weighted by atomic mass is 9.89. The van der Waals surface area contributed by atoms with Gasteiger partial charge in [-0.05, 0) is 27.9 Å². The van der Waals surface area contributed by atoms with E-state index in [0.29, 0.717) is 25.9 Å². The fraction of sp³-hybridized carbons (Fsp3) is 0.611. The Kier molecular flexibility index (Phi) is 12.3. The minimum absolute atomic E-state index is 0.0238. The molecule has 244 valence electrons. The molecule has 0 amide bonds. The van der Waals surface area contributed by atoms with Crippen LogP contribution in [0.25, 0.3) is 0 Å². The predicted octanol–water partition coefficient (Wildman–Crippen LogP) is 6.91. The summed E-state index contributed by atoms with van der Waals surface area (Å²) in [5, 5.41) is 2.41. The van der Waals surface area contributed by atoms with Gasteiger partial charge in [-0.1, -0.05) is 107 Å². The monoisotopic (exact) mass is 640 g/mol. The Labute approximate surface area is 268 Å². The Morgan fingerprint density at radius 1 is 0.864 bits per heavy atom. The van der Waals surface area contributed by atoms with Gasteiger partial charge in [-0.3, -0.25) is 0 Å². The zero-order valence-corrected chi connectivity index (χ0v) is 30.2. The summed E-state index contributed by atoms with van der Waals surface area (Å²) in [6.45, 7) is 19.4. The van der Waals surface area contributed by atoms with Gasteiger partial charge in [-0.15, -0.1) is 6.58 Å². The Bertz CT molecular complexity index is 1110. The van der Waals surface area contributed by atoms with Gasteiger partial charge in [0.2, 0.25) is 0 Å². The van der Waals surface area contributed by atoms with Gasteiger partial charge < -0.3 is 28.1 Å². The molecule has 44 heavy (non-hydrogen) atoms. The third kappa shape index (κ3) is 9.00. The lowest BCUT2D eigenvalue weighted by Gasteiger charge is -2.52. The van der Waals surface area contributed by atoms with Crippen LogP contribution >= 0.6 is 0 Å². The normalized spacial score (nSPS) is 26.5. The Hall–Kier alpha value is -1.63. The lowest BCUT2D eigenvalue weighted by Crippen LogP contribution is -2.69. The highest BCUT2D eigenvalue weighted by Gasteiger charge is 2.55. The quantitative estimate of drug-likeness (QED) is 0.0969. The van der Waals surface area contributed by atoms with E-state index in [9.17, 15) is 0 Å². The van der Waals surface area contributed by atoms with Crippen LogP contribution in [0.2, 0.25) is 30.7 Å². The highest BCUT2D eigenvalue weighted by Crippen LogP contribution is 2.45. The first kappa shape index (κ1) is 35.2. The van der Waals surface area contributed by atoms with E-state index in [-0.39, 0.29) is 36.2 Å². The maximum atomic E-state index is 7.66. The van der Waals surface area contributed by atoms with Gasteiger partial charge in [-0.2, -0.15) is 0 Å². The molecule has 0 N–H and O–H groups in total. The van der Waals surface area contributed by atoms with Crippen LogP contribution in [-0.2, 0) is 28.1 Å². The second kappa shape index (κ2) is 15.3. The zero-order chi connectivity index (χ0) is 31.8.